The van der Waals surface area contributed by atoms with Gasteiger partial charge in [0, 0.05) is 0 Å². The molecule has 12 heavy (non-hydrogen) atoms. The predicted octanol–water partition coefficient (Wildman–Crippen LogP) is -3.22. The van der Waals surface area contributed by atoms with Crippen molar-refractivity contribution in [3.05, 3.63) is 0 Å². The molecule has 0 bridgehead atoms. The van der Waals surface area contributed by atoms with Gasteiger partial charge in [0.15, 0.2) is 6.27 Å². The van der Waals surface area contributed by atoms with Crippen molar-refractivity contribution in [2.75, 3.05) is 6.61 Å². The lowest BCUT2D eigenvalue weighted by molar-refractivity contribution is -0.286. The first-order chi connectivity index (χ1) is 5.90. The lowest BCUT2D eigenvalue weighted by Crippen LogP contribution is -2.58. The first-order valence-electron chi connectivity index (χ1n) is 3.95. The molecule has 1 saturated heterocycles. The standard InChI is InChI=1S/C6H12O6/c7-1-2-3(8)4(9)5(10)6(11)12-2/h2-11H,1H2/t2-,3-,4+,5-,6?/m1/s1/i6D. The van der Waals surface area contributed by atoms with Crippen LogP contribution in [0.1, 0.15) is 1.37 Å². The van der Waals surface area contributed by atoms with E-state index in [4.69, 9.17) is 26.9 Å². The fourth-order valence-electron chi connectivity index (χ4n) is 0.993. The largest absolute Gasteiger partial charge is 0.394 e. The van der Waals surface area contributed by atoms with E-state index in [-0.39, 0.29) is 0 Å². The predicted molar refractivity (Wildman–Crippen MR) is 36.0 cm³/mol. The molecule has 0 aromatic heterocycles. The van der Waals surface area contributed by atoms with Crippen LogP contribution in [0.25, 0.3) is 0 Å². The first-order valence-corrected chi connectivity index (χ1v) is 3.45. The van der Waals surface area contributed by atoms with Crippen molar-refractivity contribution in [3.8, 4) is 0 Å². The average Bonchev–Trinajstić information content (AvgIpc) is 2.08. The monoisotopic (exact) mass is 181 g/mol. The Labute approximate surface area is 70.0 Å². The second-order valence-corrected chi connectivity index (χ2v) is 2.60. The van der Waals surface area contributed by atoms with Crippen molar-refractivity contribution in [2.45, 2.75) is 30.7 Å². The van der Waals surface area contributed by atoms with Crippen LogP contribution >= 0.6 is 0 Å². The summed E-state index contributed by atoms with van der Waals surface area (Å²) in [5.74, 6) is 0. The summed E-state index contributed by atoms with van der Waals surface area (Å²) in [7, 11) is 0. The molecule has 5 atom stereocenters. The second kappa shape index (κ2) is 3.65. The zero-order valence-electron chi connectivity index (χ0n) is 7.16. The van der Waals surface area contributed by atoms with Crippen molar-refractivity contribution < 1.29 is 31.6 Å². The Balaban J connectivity index is 2.79. The highest BCUT2D eigenvalue weighted by atomic mass is 16.6. The molecule has 0 aromatic carbocycles. The lowest BCUT2D eigenvalue weighted by Gasteiger charge is -2.37. The number of hydrogen-bond donors (Lipinski definition) is 5. The highest BCUT2D eigenvalue weighted by molar-refractivity contribution is 4.87. The van der Waals surface area contributed by atoms with E-state index in [1.54, 1.807) is 0 Å². The fourth-order valence-corrected chi connectivity index (χ4v) is 0.993. The van der Waals surface area contributed by atoms with Crippen LogP contribution in [0.2, 0.25) is 0 Å². The Hall–Kier alpha value is -0.240. The van der Waals surface area contributed by atoms with Gasteiger partial charge in [-0.05, 0) is 0 Å². The van der Waals surface area contributed by atoms with Crippen molar-refractivity contribution in [1.29, 1.82) is 0 Å². The third-order valence-corrected chi connectivity index (χ3v) is 1.76. The van der Waals surface area contributed by atoms with Gasteiger partial charge in [-0.25, -0.2) is 0 Å². The highest BCUT2D eigenvalue weighted by Gasteiger charge is 2.42. The molecule has 72 valence electrons. The van der Waals surface area contributed by atoms with E-state index in [1.165, 1.54) is 0 Å². The number of ether oxygens (including phenoxy) is 1. The summed E-state index contributed by atoms with van der Waals surface area (Å²) in [6.07, 6.45) is -9.14. The molecule has 0 amide bonds. The van der Waals surface area contributed by atoms with Crippen LogP contribution in [0.15, 0.2) is 0 Å². The van der Waals surface area contributed by atoms with Crippen LogP contribution in [0, 0.1) is 0 Å². The van der Waals surface area contributed by atoms with Crippen LogP contribution in [-0.2, 0) is 4.74 Å². The van der Waals surface area contributed by atoms with Crippen LogP contribution < -0.4 is 0 Å². The summed E-state index contributed by atoms with van der Waals surface area (Å²) >= 11 is 0. The van der Waals surface area contributed by atoms with Gasteiger partial charge < -0.3 is 30.3 Å². The van der Waals surface area contributed by atoms with Crippen LogP contribution in [0.5, 0.6) is 0 Å². The summed E-state index contributed by atoms with van der Waals surface area (Å²) in [6.45, 7) is -0.661. The number of aliphatic hydroxyl groups is 5. The van der Waals surface area contributed by atoms with Gasteiger partial charge in [0.05, 0.1) is 7.98 Å². The molecular weight excluding hydrogens is 168 g/mol. The summed E-state index contributed by atoms with van der Waals surface area (Å²) < 4.78 is 11.4. The maximum absolute atomic E-state index is 9.15. The topological polar surface area (TPSA) is 110 Å². The molecule has 0 aliphatic carbocycles. The fraction of sp³-hybridized carbons (Fsp3) is 1.00. The minimum atomic E-state index is -2.70. The molecule has 6 heteroatoms. The molecule has 1 aliphatic heterocycles. The van der Waals surface area contributed by atoms with E-state index in [9.17, 15) is 0 Å². The Morgan fingerprint density at radius 1 is 1.08 bits per heavy atom. The molecule has 6 nitrogen and oxygen atoms in total. The summed E-state index contributed by atoms with van der Waals surface area (Å²) in [5, 5.41) is 45.0. The zero-order chi connectivity index (χ0) is 10.2. The van der Waals surface area contributed by atoms with Crippen LogP contribution in [-0.4, -0.2) is 62.8 Å². The third kappa shape index (κ3) is 1.58. The maximum Gasteiger partial charge on any atom is 0.184 e. The number of aliphatic hydroxyl groups excluding tert-OH is 4. The van der Waals surface area contributed by atoms with Gasteiger partial charge in [0.25, 0.3) is 0 Å². The molecule has 0 saturated carbocycles. The molecule has 0 radical (unpaired) electrons. The third-order valence-electron chi connectivity index (χ3n) is 1.76. The first kappa shape index (κ1) is 8.36. The second-order valence-electron chi connectivity index (χ2n) is 2.60. The smallest absolute Gasteiger partial charge is 0.184 e. The average molecular weight is 181 g/mol. The summed E-state index contributed by atoms with van der Waals surface area (Å²) in [5.41, 5.74) is 0. The molecule has 1 heterocycles. The van der Waals surface area contributed by atoms with E-state index in [0.29, 0.717) is 0 Å². The van der Waals surface area contributed by atoms with E-state index in [1.807, 2.05) is 0 Å². The van der Waals surface area contributed by atoms with Gasteiger partial charge in [-0.2, -0.15) is 0 Å². The normalized spacial score (nSPS) is 56.6. The molecule has 0 spiro atoms. The Morgan fingerprint density at radius 3 is 2.17 bits per heavy atom. The number of rotatable bonds is 1. The van der Waals surface area contributed by atoms with Crippen molar-refractivity contribution in [1.82, 2.24) is 0 Å². The molecule has 1 rings (SSSR count). The highest BCUT2D eigenvalue weighted by Crippen LogP contribution is 2.18. The van der Waals surface area contributed by atoms with Gasteiger partial charge in [-0.15, -0.1) is 0 Å². The van der Waals surface area contributed by atoms with Gasteiger partial charge in [0.1, 0.15) is 24.4 Å². The minimum Gasteiger partial charge on any atom is -0.394 e. The van der Waals surface area contributed by atoms with Crippen molar-refractivity contribution >= 4 is 0 Å². The summed E-state index contributed by atoms with van der Waals surface area (Å²) in [4.78, 5) is 0. The molecule has 0 aromatic rings. The number of hydrogen-bond acceptors (Lipinski definition) is 6. The zero-order valence-corrected chi connectivity index (χ0v) is 6.16. The van der Waals surface area contributed by atoms with Gasteiger partial charge in [0.2, 0.25) is 0 Å². The molecule has 1 aliphatic rings. The van der Waals surface area contributed by atoms with Gasteiger partial charge in [-0.1, -0.05) is 0 Å². The van der Waals surface area contributed by atoms with E-state index >= 15 is 0 Å². The van der Waals surface area contributed by atoms with E-state index < -0.39 is 37.3 Å². The molecule has 5 N–H and O–H groups in total. The SMILES string of the molecule is [2H]C1(O)O[C@H](CO)[C@@H](O)[C@H](O)[C@H]1O. The Bertz CT molecular complexity index is 184. The lowest BCUT2D eigenvalue weighted by atomic mass is 10.00. The Kier molecular flexibility index (Phi) is 2.54. The van der Waals surface area contributed by atoms with Gasteiger partial charge in [-0.3, -0.25) is 0 Å². The van der Waals surface area contributed by atoms with Crippen LogP contribution in [0.3, 0.4) is 0 Å². The van der Waals surface area contributed by atoms with Crippen molar-refractivity contribution in [2.24, 2.45) is 0 Å². The Morgan fingerprint density at radius 2 is 1.67 bits per heavy atom. The maximum atomic E-state index is 9.15. The molecule has 1 unspecified atom stereocenters. The quantitative estimate of drug-likeness (QED) is 0.291. The minimum absolute atomic E-state index is 0.661. The summed E-state index contributed by atoms with van der Waals surface area (Å²) in [6, 6.07) is 0. The van der Waals surface area contributed by atoms with Gasteiger partial charge >= 0.3 is 0 Å². The van der Waals surface area contributed by atoms with Crippen LogP contribution in [0.4, 0.5) is 0 Å². The molecule has 1 fully saturated rings. The van der Waals surface area contributed by atoms with E-state index in [2.05, 4.69) is 4.74 Å². The van der Waals surface area contributed by atoms with E-state index in [0.717, 1.165) is 0 Å². The van der Waals surface area contributed by atoms with Crippen molar-refractivity contribution in [3.63, 3.8) is 0 Å². The molecular formula is C6H12O6.